The minimum Gasteiger partial charge on any atom is -0.383 e. The topological polar surface area (TPSA) is 69.9 Å². The lowest BCUT2D eigenvalue weighted by Gasteiger charge is -2.11. The van der Waals surface area contributed by atoms with E-state index in [2.05, 4.69) is 28.2 Å². The molecule has 0 aliphatic carbocycles. The fraction of sp³-hybridized carbons (Fsp3) is 0.333. The number of thioether (sulfide) groups is 1. The maximum absolute atomic E-state index is 12.8. The quantitative estimate of drug-likeness (QED) is 0.425. The molecule has 146 valence electrons. The molecule has 0 atom stereocenters. The largest absolute Gasteiger partial charge is 0.383 e. The summed E-state index contributed by atoms with van der Waals surface area (Å²) in [5.41, 5.74) is 5.03. The number of hydrogen-bond donors (Lipinski definition) is 0. The van der Waals surface area contributed by atoms with E-state index in [1.165, 1.54) is 17.3 Å². The molecule has 0 aliphatic rings. The molecule has 3 rings (SSSR count). The second-order valence-corrected chi connectivity index (χ2v) is 7.59. The second-order valence-electron chi connectivity index (χ2n) is 6.65. The summed E-state index contributed by atoms with van der Waals surface area (Å²) in [7, 11) is 1.66. The summed E-state index contributed by atoms with van der Waals surface area (Å²) in [5, 5.41) is 9.35. The maximum atomic E-state index is 12.8. The third-order valence-corrected chi connectivity index (χ3v) is 5.61. The lowest BCUT2D eigenvalue weighted by molar-refractivity contribution is 0.102. The van der Waals surface area contributed by atoms with Gasteiger partial charge in [0, 0.05) is 30.6 Å². The molecule has 0 saturated heterocycles. The summed E-state index contributed by atoms with van der Waals surface area (Å²) in [6.45, 7) is 7.21. The Morgan fingerprint density at radius 2 is 1.79 bits per heavy atom. The lowest BCUT2D eigenvalue weighted by Crippen LogP contribution is -2.10. The zero-order valence-electron chi connectivity index (χ0n) is 16.6. The van der Waals surface area contributed by atoms with Crippen molar-refractivity contribution in [2.24, 2.45) is 0 Å². The van der Waals surface area contributed by atoms with Crippen molar-refractivity contribution in [3.05, 3.63) is 58.9 Å². The first-order chi connectivity index (χ1) is 13.5. The number of aryl methyl sites for hydroxylation is 3. The van der Waals surface area contributed by atoms with E-state index in [0.717, 1.165) is 28.1 Å². The fourth-order valence-corrected chi connectivity index (χ4v) is 3.81. The van der Waals surface area contributed by atoms with Gasteiger partial charge in [0.25, 0.3) is 0 Å². The predicted molar refractivity (Wildman–Crippen MR) is 111 cm³/mol. The number of methoxy groups -OCH3 is 1. The van der Waals surface area contributed by atoms with Crippen LogP contribution in [0.25, 0.3) is 11.4 Å². The second kappa shape index (κ2) is 9.12. The molecule has 0 N–H and O–H groups in total. The Morgan fingerprint density at radius 1 is 1.07 bits per heavy atom. The van der Waals surface area contributed by atoms with Gasteiger partial charge in [0.2, 0.25) is 0 Å². The highest BCUT2D eigenvalue weighted by Crippen LogP contribution is 2.25. The molecule has 0 unspecified atom stereocenters. The monoisotopic (exact) mass is 396 g/mol. The van der Waals surface area contributed by atoms with Gasteiger partial charge in [0.15, 0.2) is 16.8 Å². The molecule has 1 aromatic carbocycles. The first-order valence-electron chi connectivity index (χ1n) is 9.07. The Balaban J connectivity index is 1.81. The third kappa shape index (κ3) is 4.48. The van der Waals surface area contributed by atoms with E-state index >= 15 is 0 Å². The van der Waals surface area contributed by atoms with Crippen molar-refractivity contribution < 1.29 is 9.53 Å². The van der Waals surface area contributed by atoms with Gasteiger partial charge in [-0.05, 0) is 55.7 Å². The van der Waals surface area contributed by atoms with Crippen molar-refractivity contribution >= 4 is 17.5 Å². The van der Waals surface area contributed by atoms with Crippen LogP contribution in [0.2, 0.25) is 0 Å². The van der Waals surface area contributed by atoms with Crippen LogP contribution >= 0.6 is 11.8 Å². The first-order valence-corrected chi connectivity index (χ1v) is 10.1. The van der Waals surface area contributed by atoms with Gasteiger partial charge in [-0.25, -0.2) is 0 Å². The molecular formula is C21H24N4O2S. The van der Waals surface area contributed by atoms with Crippen LogP contribution in [0.1, 0.15) is 27.0 Å². The van der Waals surface area contributed by atoms with Crippen molar-refractivity contribution in [1.29, 1.82) is 0 Å². The third-order valence-electron chi connectivity index (χ3n) is 4.65. The van der Waals surface area contributed by atoms with Crippen LogP contribution in [0.4, 0.5) is 0 Å². The number of benzene rings is 1. The van der Waals surface area contributed by atoms with Crippen LogP contribution < -0.4 is 0 Å². The van der Waals surface area contributed by atoms with E-state index in [9.17, 15) is 4.79 Å². The van der Waals surface area contributed by atoms with Crippen LogP contribution in [0.3, 0.4) is 0 Å². The van der Waals surface area contributed by atoms with Gasteiger partial charge in [-0.15, -0.1) is 10.2 Å². The molecule has 28 heavy (non-hydrogen) atoms. The van der Waals surface area contributed by atoms with Gasteiger partial charge in [0.1, 0.15) is 0 Å². The predicted octanol–water partition coefficient (Wildman–Crippen LogP) is 3.89. The molecule has 3 aromatic rings. The van der Waals surface area contributed by atoms with Crippen molar-refractivity contribution in [2.45, 2.75) is 32.5 Å². The van der Waals surface area contributed by atoms with E-state index in [0.29, 0.717) is 24.1 Å². The molecule has 2 heterocycles. The number of carbonyl (C=O) groups excluding carboxylic acids is 1. The van der Waals surface area contributed by atoms with Crippen LogP contribution in [0, 0.1) is 20.8 Å². The number of aromatic nitrogens is 4. The van der Waals surface area contributed by atoms with E-state index in [-0.39, 0.29) is 5.78 Å². The lowest BCUT2D eigenvalue weighted by atomic mass is 9.99. The number of rotatable bonds is 8. The smallest absolute Gasteiger partial charge is 0.192 e. The highest BCUT2D eigenvalue weighted by Gasteiger charge is 2.17. The minimum absolute atomic E-state index is 0.0948. The van der Waals surface area contributed by atoms with Crippen molar-refractivity contribution in [1.82, 2.24) is 19.7 Å². The van der Waals surface area contributed by atoms with Gasteiger partial charge in [-0.3, -0.25) is 14.3 Å². The zero-order valence-corrected chi connectivity index (χ0v) is 17.4. The highest BCUT2D eigenvalue weighted by atomic mass is 32.2. The Morgan fingerprint density at radius 3 is 2.50 bits per heavy atom. The summed E-state index contributed by atoms with van der Waals surface area (Å²) >= 11 is 1.40. The van der Waals surface area contributed by atoms with Crippen molar-refractivity contribution in [3.63, 3.8) is 0 Å². The number of hydrogen-bond acceptors (Lipinski definition) is 6. The van der Waals surface area contributed by atoms with Gasteiger partial charge in [-0.1, -0.05) is 17.8 Å². The molecule has 2 aromatic heterocycles. The minimum atomic E-state index is 0.0948. The summed E-state index contributed by atoms with van der Waals surface area (Å²) in [6, 6.07) is 7.83. The molecule has 6 nitrogen and oxygen atoms in total. The molecule has 0 aliphatic heterocycles. The number of ether oxygens (including phenoxy) is 1. The molecule has 0 saturated carbocycles. The number of pyridine rings is 1. The first kappa shape index (κ1) is 20.2. The Bertz CT molecular complexity index is 970. The Kier molecular flexibility index (Phi) is 6.59. The number of Topliss-reactive ketones (excluding diaryl/α,β-unsaturated/α-hetero) is 1. The van der Waals surface area contributed by atoms with E-state index in [1.54, 1.807) is 19.5 Å². The van der Waals surface area contributed by atoms with Crippen LogP contribution in [-0.4, -0.2) is 45.0 Å². The van der Waals surface area contributed by atoms with Crippen LogP contribution in [0.5, 0.6) is 0 Å². The molecule has 0 radical (unpaired) electrons. The Hall–Kier alpha value is -2.51. The number of carbonyl (C=O) groups is 1. The standard InChI is InChI=1S/C21H24N4O2S/c1-14-11-16(3)18(12-15(14)2)19(26)13-28-21-24-23-20(25(21)9-10-27-4)17-5-7-22-8-6-17/h5-8,11-12H,9-10,13H2,1-4H3. The normalized spacial score (nSPS) is 11.0. The van der Waals surface area contributed by atoms with Crippen molar-refractivity contribution in [3.8, 4) is 11.4 Å². The summed E-state index contributed by atoms with van der Waals surface area (Å²) in [5.74, 6) is 1.15. The fourth-order valence-electron chi connectivity index (χ4n) is 2.96. The molecule has 0 fully saturated rings. The molecule has 7 heteroatoms. The summed E-state index contributed by atoms with van der Waals surface area (Å²) in [4.78, 5) is 16.8. The van der Waals surface area contributed by atoms with Crippen LogP contribution in [0.15, 0.2) is 41.8 Å². The highest BCUT2D eigenvalue weighted by molar-refractivity contribution is 7.99. The molecule has 0 amide bonds. The van der Waals surface area contributed by atoms with Gasteiger partial charge in [-0.2, -0.15) is 0 Å². The average Bonchev–Trinajstić information content (AvgIpc) is 3.10. The number of ketones is 1. The maximum Gasteiger partial charge on any atom is 0.192 e. The summed E-state index contributed by atoms with van der Waals surface area (Å²) in [6.07, 6.45) is 3.45. The Labute approximate surface area is 169 Å². The van der Waals surface area contributed by atoms with E-state index < -0.39 is 0 Å². The SMILES string of the molecule is COCCn1c(SCC(=O)c2cc(C)c(C)cc2C)nnc1-c1ccncc1. The zero-order chi connectivity index (χ0) is 20.1. The summed E-state index contributed by atoms with van der Waals surface area (Å²) < 4.78 is 7.22. The van der Waals surface area contributed by atoms with Crippen molar-refractivity contribution in [2.75, 3.05) is 19.5 Å². The van der Waals surface area contributed by atoms with E-state index in [4.69, 9.17) is 4.74 Å². The van der Waals surface area contributed by atoms with Gasteiger partial charge < -0.3 is 4.74 Å². The van der Waals surface area contributed by atoms with Crippen LogP contribution in [-0.2, 0) is 11.3 Å². The molecular weight excluding hydrogens is 372 g/mol. The van der Waals surface area contributed by atoms with E-state index in [1.807, 2.05) is 36.6 Å². The average molecular weight is 397 g/mol. The number of nitrogens with zero attached hydrogens (tertiary/aromatic N) is 4. The molecule has 0 spiro atoms. The molecule has 0 bridgehead atoms. The van der Waals surface area contributed by atoms with Gasteiger partial charge >= 0.3 is 0 Å². The van der Waals surface area contributed by atoms with Gasteiger partial charge in [0.05, 0.1) is 18.9 Å².